The first-order chi connectivity index (χ1) is 8.43. The topological polar surface area (TPSA) is 46.3 Å². The number of amides is 1. The molecule has 0 saturated heterocycles. The number of anilines is 1. The maximum absolute atomic E-state index is 12.2. The third-order valence-electron chi connectivity index (χ3n) is 2.67. The molecule has 0 atom stereocenters. The summed E-state index contributed by atoms with van der Waals surface area (Å²) >= 11 is 1.50. The van der Waals surface area contributed by atoms with Gasteiger partial charge in [0.25, 0.3) is 0 Å². The quantitative estimate of drug-likeness (QED) is 0.658. The highest BCUT2D eigenvalue weighted by Gasteiger charge is 2.19. The highest BCUT2D eigenvalue weighted by molar-refractivity contribution is 8.00. The van der Waals surface area contributed by atoms with E-state index in [0.29, 0.717) is 5.75 Å². The molecule has 1 aromatic carbocycles. The summed E-state index contributed by atoms with van der Waals surface area (Å²) in [5, 5.41) is 0. The molecular weight excluding hydrogens is 244 g/mol. The van der Waals surface area contributed by atoms with E-state index in [1.807, 2.05) is 56.9 Å². The highest BCUT2D eigenvalue weighted by Crippen LogP contribution is 2.25. The first kappa shape index (κ1) is 14.9. The van der Waals surface area contributed by atoms with E-state index in [1.165, 1.54) is 11.8 Å². The summed E-state index contributed by atoms with van der Waals surface area (Å²) in [4.78, 5) is 15.1. The maximum Gasteiger partial charge on any atom is 0.233 e. The van der Waals surface area contributed by atoms with Gasteiger partial charge in [-0.2, -0.15) is 0 Å². The number of nitrogens with zero attached hydrogens (tertiary/aromatic N) is 1. The van der Waals surface area contributed by atoms with Gasteiger partial charge < -0.3 is 10.6 Å². The Kier molecular flexibility index (Phi) is 5.54. The van der Waals surface area contributed by atoms with Crippen molar-refractivity contribution in [1.82, 2.24) is 4.90 Å². The minimum absolute atomic E-state index is 0.160. The van der Waals surface area contributed by atoms with E-state index in [1.54, 1.807) is 0 Å². The van der Waals surface area contributed by atoms with E-state index in [0.717, 1.165) is 10.6 Å². The van der Waals surface area contributed by atoms with Crippen LogP contribution in [-0.4, -0.2) is 28.6 Å². The summed E-state index contributed by atoms with van der Waals surface area (Å²) < 4.78 is 0. The monoisotopic (exact) mass is 266 g/mol. The minimum Gasteiger partial charge on any atom is -0.398 e. The molecule has 0 saturated carbocycles. The summed E-state index contributed by atoms with van der Waals surface area (Å²) in [5.74, 6) is 0.596. The molecule has 1 rings (SSSR count). The lowest BCUT2D eigenvalue weighted by Crippen LogP contribution is -2.43. The van der Waals surface area contributed by atoms with Crippen molar-refractivity contribution in [3.05, 3.63) is 24.3 Å². The Bertz CT molecular complexity index is 397. The molecule has 1 amide bonds. The molecule has 1 aromatic rings. The number of carbonyl (C=O) groups excluding carboxylic acids is 1. The number of para-hydroxylation sites is 1. The predicted octanol–water partition coefficient (Wildman–Crippen LogP) is 3.01. The molecule has 0 aliphatic carbocycles. The molecule has 0 fully saturated rings. The number of nitrogen functional groups attached to an aromatic ring is 1. The van der Waals surface area contributed by atoms with E-state index >= 15 is 0 Å². The molecule has 0 bridgehead atoms. The Morgan fingerprint density at radius 1 is 1.22 bits per heavy atom. The molecule has 0 aliphatic heterocycles. The molecule has 0 heterocycles. The van der Waals surface area contributed by atoms with Gasteiger partial charge in [0.05, 0.1) is 5.75 Å². The largest absolute Gasteiger partial charge is 0.398 e. The van der Waals surface area contributed by atoms with E-state index in [9.17, 15) is 4.79 Å². The van der Waals surface area contributed by atoms with Gasteiger partial charge in [-0.25, -0.2) is 0 Å². The van der Waals surface area contributed by atoms with Crippen molar-refractivity contribution in [2.75, 3.05) is 11.5 Å². The van der Waals surface area contributed by atoms with Gasteiger partial charge in [0.2, 0.25) is 5.91 Å². The first-order valence-corrected chi connectivity index (χ1v) is 7.20. The number of rotatable bonds is 5. The first-order valence-electron chi connectivity index (χ1n) is 6.22. The average molecular weight is 266 g/mol. The second kappa shape index (κ2) is 6.69. The fourth-order valence-corrected chi connectivity index (χ4v) is 2.84. The molecule has 2 N–H and O–H groups in total. The van der Waals surface area contributed by atoms with Crippen LogP contribution < -0.4 is 5.73 Å². The van der Waals surface area contributed by atoms with Gasteiger partial charge in [0.15, 0.2) is 0 Å². The van der Waals surface area contributed by atoms with Crippen LogP contribution in [0.1, 0.15) is 27.7 Å². The third kappa shape index (κ3) is 3.95. The molecule has 0 radical (unpaired) electrons. The van der Waals surface area contributed by atoms with Crippen molar-refractivity contribution in [2.45, 2.75) is 44.7 Å². The Morgan fingerprint density at radius 2 is 1.78 bits per heavy atom. The van der Waals surface area contributed by atoms with Crippen LogP contribution in [0.5, 0.6) is 0 Å². The van der Waals surface area contributed by atoms with Crippen molar-refractivity contribution in [3.8, 4) is 0 Å². The summed E-state index contributed by atoms with van der Waals surface area (Å²) in [7, 11) is 0. The molecule has 0 aromatic heterocycles. The van der Waals surface area contributed by atoms with Gasteiger partial charge in [0, 0.05) is 22.7 Å². The average Bonchev–Trinajstić information content (AvgIpc) is 2.27. The van der Waals surface area contributed by atoms with Crippen molar-refractivity contribution >= 4 is 23.4 Å². The van der Waals surface area contributed by atoms with Crippen LogP contribution in [0.3, 0.4) is 0 Å². The summed E-state index contributed by atoms with van der Waals surface area (Å²) in [5.41, 5.74) is 6.59. The van der Waals surface area contributed by atoms with Crippen LogP contribution in [0.2, 0.25) is 0 Å². The Morgan fingerprint density at radius 3 is 2.28 bits per heavy atom. The second-order valence-corrected chi connectivity index (χ2v) is 5.83. The molecular formula is C14H22N2OS. The summed E-state index contributed by atoms with van der Waals surface area (Å²) in [6.45, 7) is 8.16. The molecule has 3 nitrogen and oxygen atoms in total. The molecule has 0 spiro atoms. The minimum atomic E-state index is 0.160. The van der Waals surface area contributed by atoms with Gasteiger partial charge in [-0.3, -0.25) is 4.79 Å². The van der Waals surface area contributed by atoms with Crippen molar-refractivity contribution in [1.29, 1.82) is 0 Å². The standard InChI is InChI=1S/C14H22N2OS/c1-10(2)16(11(3)4)14(17)9-18-13-8-6-5-7-12(13)15/h5-8,10-11H,9,15H2,1-4H3. The number of hydrogen-bond acceptors (Lipinski definition) is 3. The lowest BCUT2D eigenvalue weighted by molar-refractivity contribution is -0.131. The predicted molar refractivity (Wildman–Crippen MR) is 78.7 cm³/mol. The summed E-state index contributed by atoms with van der Waals surface area (Å²) in [6, 6.07) is 8.09. The van der Waals surface area contributed by atoms with Crippen LogP contribution in [0.15, 0.2) is 29.2 Å². The normalized spacial score (nSPS) is 11.0. The molecule has 4 heteroatoms. The fourth-order valence-electron chi connectivity index (χ4n) is 2.00. The highest BCUT2D eigenvalue weighted by atomic mass is 32.2. The van der Waals surface area contributed by atoms with Gasteiger partial charge in [0.1, 0.15) is 0 Å². The number of nitrogens with two attached hydrogens (primary N) is 1. The molecule has 0 aliphatic rings. The third-order valence-corrected chi connectivity index (χ3v) is 3.74. The van der Waals surface area contributed by atoms with E-state index in [-0.39, 0.29) is 18.0 Å². The lowest BCUT2D eigenvalue weighted by Gasteiger charge is -2.30. The van der Waals surface area contributed by atoms with E-state index in [4.69, 9.17) is 5.73 Å². The number of carbonyl (C=O) groups is 1. The van der Waals surface area contributed by atoms with Gasteiger partial charge in [-0.05, 0) is 39.8 Å². The lowest BCUT2D eigenvalue weighted by atomic mass is 10.2. The Balaban J connectivity index is 2.63. The van der Waals surface area contributed by atoms with Gasteiger partial charge >= 0.3 is 0 Å². The number of thioether (sulfide) groups is 1. The zero-order valence-corrected chi connectivity index (χ0v) is 12.3. The zero-order chi connectivity index (χ0) is 13.7. The van der Waals surface area contributed by atoms with Gasteiger partial charge in [-0.15, -0.1) is 11.8 Å². The van der Waals surface area contributed by atoms with Crippen molar-refractivity contribution in [2.24, 2.45) is 0 Å². The fraction of sp³-hybridized carbons (Fsp3) is 0.500. The summed E-state index contributed by atoms with van der Waals surface area (Å²) in [6.07, 6.45) is 0. The van der Waals surface area contributed by atoms with E-state index in [2.05, 4.69) is 0 Å². The Labute approximate surface area is 114 Å². The number of benzene rings is 1. The van der Waals surface area contributed by atoms with Crippen LogP contribution in [0.25, 0.3) is 0 Å². The molecule has 18 heavy (non-hydrogen) atoms. The molecule has 0 unspecified atom stereocenters. The Hall–Kier alpha value is -1.16. The van der Waals surface area contributed by atoms with Crippen molar-refractivity contribution < 1.29 is 4.79 Å². The molecule has 100 valence electrons. The second-order valence-electron chi connectivity index (χ2n) is 4.82. The SMILES string of the molecule is CC(C)N(C(=O)CSc1ccccc1N)C(C)C. The van der Waals surface area contributed by atoms with Crippen LogP contribution >= 0.6 is 11.8 Å². The number of hydrogen-bond donors (Lipinski definition) is 1. The van der Waals surface area contributed by atoms with Crippen LogP contribution in [0.4, 0.5) is 5.69 Å². The van der Waals surface area contributed by atoms with Gasteiger partial charge in [-0.1, -0.05) is 12.1 Å². The van der Waals surface area contributed by atoms with E-state index < -0.39 is 0 Å². The van der Waals surface area contributed by atoms with Crippen LogP contribution in [0, 0.1) is 0 Å². The maximum atomic E-state index is 12.2. The zero-order valence-electron chi connectivity index (χ0n) is 11.5. The smallest absolute Gasteiger partial charge is 0.233 e. The van der Waals surface area contributed by atoms with Crippen LogP contribution in [-0.2, 0) is 4.79 Å². The van der Waals surface area contributed by atoms with Crippen molar-refractivity contribution in [3.63, 3.8) is 0 Å².